The Bertz CT molecular complexity index is 397. The molecule has 5 heteroatoms. The lowest BCUT2D eigenvalue weighted by molar-refractivity contribution is 1.22. The van der Waals surface area contributed by atoms with Crippen molar-refractivity contribution in [3.63, 3.8) is 0 Å². The summed E-state index contributed by atoms with van der Waals surface area (Å²) >= 11 is 9.16. The standard InChI is InChI=1S/C9H7BrClN3/c10-9-6-8(11)4-3-7(9)2-1-5-13-14-12/h1-4,6H,5H2. The van der Waals surface area contributed by atoms with Gasteiger partial charge in [0.15, 0.2) is 0 Å². The van der Waals surface area contributed by atoms with Gasteiger partial charge in [0.05, 0.1) is 0 Å². The molecule has 0 radical (unpaired) electrons. The Balaban J connectivity index is 2.76. The van der Waals surface area contributed by atoms with Gasteiger partial charge in [0, 0.05) is 21.0 Å². The van der Waals surface area contributed by atoms with Gasteiger partial charge in [-0.05, 0) is 23.2 Å². The maximum absolute atomic E-state index is 8.05. The Labute approximate surface area is 95.1 Å². The average Bonchev–Trinajstić information content (AvgIpc) is 2.15. The Kier molecular flexibility index (Phi) is 4.53. The van der Waals surface area contributed by atoms with E-state index in [1.165, 1.54) is 0 Å². The number of halogens is 2. The molecule has 0 aliphatic rings. The molecule has 0 aliphatic heterocycles. The first kappa shape index (κ1) is 11.1. The molecule has 72 valence electrons. The fourth-order valence-electron chi connectivity index (χ4n) is 0.900. The minimum Gasteiger partial charge on any atom is -0.0899 e. The highest BCUT2D eigenvalue weighted by Crippen LogP contribution is 2.22. The zero-order valence-electron chi connectivity index (χ0n) is 7.19. The third-order valence-corrected chi connectivity index (χ3v) is 2.43. The molecule has 14 heavy (non-hydrogen) atoms. The number of azide groups is 1. The quantitative estimate of drug-likeness (QED) is 0.444. The van der Waals surface area contributed by atoms with E-state index in [4.69, 9.17) is 17.1 Å². The molecule has 1 aromatic carbocycles. The van der Waals surface area contributed by atoms with Crippen LogP contribution in [0, 0.1) is 0 Å². The minimum atomic E-state index is 0.353. The molecule has 0 saturated heterocycles. The molecular weight excluding hydrogens is 265 g/mol. The van der Waals surface area contributed by atoms with Crippen LogP contribution >= 0.6 is 27.5 Å². The second-order valence-electron chi connectivity index (χ2n) is 2.48. The molecular formula is C9H7BrClN3. The Morgan fingerprint density at radius 3 is 3.00 bits per heavy atom. The van der Waals surface area contributed by atoms with Crippen molar-refractivity contribution in [3.05, 3.63) is 49.8 Å². The summed E-state index contributed by atoms with van der Waals surface area (Å²) in [6.45, 7) is 0.353. The third-order valence-electron chi connectivity index (χ3n) is 1.51. The van der Waals surface area contributed by atoms with Crippen LogP contribution < -0.4 is 0 Å². The van der Waals surface area contributed by atoms with Crippen molar-refractivity contribution in [1.82, 2.24) is 0 Å². The molecule has 0 atom stereocenters. The predicted molar refractivity (Wildman–Crippen MR) is 62.2 cm³/mol. The Morgan fingerprint density at radius 1 is 1.57 bits per heavy atom. The van der Waals surface area contributed by atoms with Crippen molar-refractivity contribution in [1.29, 1.82) is 0 Å². The molecule has 0 unspecified atom stereocenters. The van der Waals surface area contributed by atoms with Gasteiger partial charge in [-0.3, -0.25) is 0 Å². The lowest BCUT2D eigenvalue weighted by atomic mass is 10.2. The van der Waals surface area contributed by atoms with Gasteiger partial charge in [0.2, 0.25) is 0 Å². The molecule has 0 saturated carbocycles. The van der Waals surface area contributed by atoms with Gasteiger partial charge in [-0.15, -0.1) is 0 Å². The van der Waals surface area contributed by atoms with E-state index in [9.17, 15) is 0 Å². The monoisotopic (exact) mass is 271 g/mol. The molecule has 0 heterocycles. The first-order chi connectivity index (χ1) is 6.74. The Morgan fingerprint density at radius 2 is 2.36 bits per heavy atom. The van der Waals surface area contributed by atoms with Gasteiger partial charge < -0.3 is 0 Å². The van der Waals surface area contributed by atoms with Crippen molar-refractivity contribution in [2.45, 2.75) is 0 Å². The number of nitrogens with zero attached hydrogens (tertiary/aromatic N) is 3. The van der Waals surface area contributed by atoms with Crippen LogP contribution in [-0.4, -0.2) is 6.54 Å². The number of rotatable bonds is 3. The molecule has 3 nitrogen and oxygen atoms in total. The van der Waals surface area contributed by atoms with E-state index in [1.54, 1.807) is 12.1 Å². The molecule has 0 N–H and O–H groups in total. The van der Waals surface area contributed by atoms with Crippen LogP contribution in [0.5, 0.6) is 0 Å². The average molecular weight is 273 g/mol. The predicted octanol–water partition coefficient (Wildman–Crippen LogP) is 4.43. The van der Waals surface area contributed by atoms with E-state index in [2.05, 4.69) is 26.0 Å². The number of hydrogen-bond acceptors (Lipinski definition) is 1. The van der Waals surface area contributed by atoms with Crippen molar-refractivity contribution >= 4 is 33.6 Å². The fourth-order valence-corrected chi connectivity index (χ4v) is 1.71. The Hall–Kier alpha value is -0.960. The van der Waals surface area contributed by atoms with E-state index in [1.807, 2.05) is 18.2 Å². The summed E-state index contributed by atoms with van der Waals surface area (Å²) < 4.78 is 0.919. The zero-order chi connectivity index (χ0) is 10.4. The largest absolute Gasteiger partial charge is 0.0899 e. The fraction of sp³-hybridized carbons (Fsp3) is 0.111. The van der Waals surface area contributed by atoms with Crippen molar-refractivity contribution in [3.8, 4) is 0 Å². The molecule has 0 spiro atoms. The van der Waals surface area contributed by atoms with Crippen LogP contribution in [0.25, 0.3) is 16.5 Å². The van der Waals surface area contributed by atoms with Gasteiger partial charge in [0.25, 0.3) is 0 Å². The summed E-state index contributed by atoms with van der Waals surface area (Å²) in [7, 11) is 0. The number of hydrogen-bond donors (Lipinski definition) is 0. The molecule has 0 fully saturated rings. The molecule has 0 aliphatic carbocycles. The minimum absolute atomic E-state index is 0.353. The molecule has 1 aromatic rings. The van der Waals surface area contributed by atoms with E-state index in [-0.39, 0.29) is 0 Å². The highest BCUT2D eigenvalue weighted by atomic mass is 79.9. The summed E-state index contributed by atoms with van der Waals surface area (Å²) in [4.78, 5) is 2.64. The summed E-state index contributed by atoms with van der Waals surface area (Å²) in [6, 6.07) is 5.51. The van der Waals surface area contributed by atoms with Crippen LogP contribution in [0.2, 0.25) is 5.02 Å². The summed E-state index contributed by atoms with van der Waals surface area (Å²) in [6.07, 6.45) is 3.66. The normalized spacial score (nSPS) is 10.1. The first-order valence-corrected chi connectivity index (χ1v) is 5.03. The highest BCUT2D eigenvalue weighted by molar-refractivity contribution is 9.10. The molecule has 0 amide bonds. The van der Waals surface area contributed by atoms with Crippen LogP contribution in [0.1, 0.15) is 5.56 Å². The zero-order valence-corrected chi connectivity index (χ0v) is 9.53. The first-order valence-electron chi connectivity index (χ1n) is 3.86. The SMILES string of the molecule is [N-]=[N+]=NCC=Cc1ccc(Cl)cc1Br. The van der Waals surface area contributed by atoms with E-state index in [0.29, 0.717) is 11.6 Å². The molecule has 1 rings (SSSR count). The van der Waals surface area contributed by atoms with Crippen molar-refractivity contribution in [2.24, 2.45) is 5.11 Å². The van der Waals surface area contributed by atoms with Crippen molar-refractivity contribution in [2.75, 3.05) is 6.54 Å². The van der Waals surface area contributed by atoms with E-state index in [0.717, 1.165) is 10.0 Å². The van der Waals surface area contributed by atoms with E-state index < -0.39 is 0 Å². The van der Waals surface area contributed by atoms with Gasteiger partial charge in [-0.25, -0.2) is 0 Å². The van der Waals surface area contributed by atoms with Crippen LogP contribution in [-0.2, 0) is 0 Å². The topological polar surface area (TPSA) is 48.8 Å². The van der Waals surface area contributed by atoms with E-state index >= 15 is 0 Å². The van der Waals surface area contributed by atoms with Gasteiger partial charge in [0.1, 0.15) is 0 Å². The number of benzene rings is 1. The summed E-state index contributed by atoms with van der Waals surface area (Å²) in [5.41, 5.74) is 9.05. The maximum Gasteiger partial charge on any atom is 0.0443 e. The maximum atomic E-state index is 8.05. The van der Waals surface area contributed by atoms with Crippen LogP contribution in [0.4, 0.5) is 0 Å². The summed E-state index contributed by atoms with van der Waals surface area (Å²) in [5.74, 6) is 0. The lowest BCUT2D eigenvalue weighted by Crippen LogP contribution is -1.76. The van der Waals surface area contributed by atoms with Crippen LogP contribution in [0.3, 0.4) is 0 Å². The third kappa shape index (κ3) is 3.42. The molecule has 0 bridgehead atoms. The van der Waals surface area contributed by atoms with Gasteiger partial charge in [-0.1, -0.05) is 50.9 Å². The second kappa shape index (κ2) is 5.70. The van der Waals surface area contributed by atoms with Crippen molar-refractivity contribution < 1.29 is 0 Å². The van der Waals surface area contributed by atoms with Gasteiger partial charge >= 0.3 is 0 Å². The lowest BCUT2D eigenvalue weighted by Gasteiger charge is -1.97. The highest BCUT2D eigenvalue weighted by Gasteiger charge is 1.95. The summed E-state index contributed by atoms with van der Waals surface area (Å²) in [5, 5.41) is 4.07. The smallest absolute Gasteiger partial charge is 0.0443 e. The van der Waals surface area contributed by atoms with Gasteiger partial charge in [-0.2, -0.15) is 0 Å². The van der Waals surface area contributed by atoms with Crippen LogP contribution in [0.15, 0.2) is 33.9 Å². The second-order valence-corrected chi connectivity index (χ2v) is 3.77. The molecule has 0 aromatic heterocycles.